The lowest BCUT2D eigenvalue weighted by Gasteiger charge is -2.42. The minimum atomic E-state index is -1.16. The zero-order valence-electron chi connectivity index (χ0n) is 18.4. The Kier molecular flexibility index (Phi) is 7.81. The lowest BCUT2D eigenvalue weighted by atomic mass is 9.82. The van der Waals surface area contributed by atoms with Crippen LogP contribution in [0.4, 0.5) is 0 Å². The van der Waals surface area contributed by atoms with Crippen LogP contribution in [0.5, 0.6) is 0 Å². The molecule has 10 heteroatoms. The highest BCUT2D eigenvalue weighted by Crippen LogP contribution is 2.47. The zero-order valence-corrected chi connectivity index (χ0v) is 20.1. The van der Waals surface area contributed by atoms with Crippen molar-refractivity contribution in [2.45, 2.75) is 21.9 Å². The molecule has 0 radical (unpaired) electrons. The number of esters is 2. The Labute approximate surface area is 195 Å². The number of aliphatic hydroxyl groups excluding tert-OH is 1. The number of pyridine rings is 2. The molecule has 2 aromatic rings. The number of hydrogen-bond acceptors (Lipinski definition) is 10. The first-order valence-corrected chi connectivity index (χ1v) is 12.1. The van der Waals surface area contributed by atoms with Gasteiger partial charge < -0.3 is 14.6 Å². The molecule has 0 saturated heterocycles. The van der Waals surface area contributed by atoms with E-state index in [1.54, 1.807) is 19.4 Å². The molecule has 0 fully saturated rings. The standard InChI is InChI=1S/C22H25N3O5S2/c1-25-18(14-10-12(31-4)6-8-23-14)16(21(27)29-2)20(26)17(22(28)30-3)19(25)15-11-13(32-5)7-9-24-15/h6-11,16,18-19,26H,1-5H3/t16-,18-,19-/m0/s1. The first kappa shape index (κ1) is 24.1. The predicted octanol–water partition coefficient (Wildman–Crippen LogP) is 3.42. The Morgan fingerprint density at radius 3 is 2.09 bits per heavy atom. The van der Waals surface area contributed by atoms with Crippen molar-refractivity contribution in [2.24, 2.45) is 5.92 Å². The maximum absolute atomic E-state index is 12.8. The Morgan fingerprint density at radius 2 is 1.56 bits per heavy atom. The monoisotopic (exact) mass is 475 g/mol. The van der Waals surface area contributed by atoms with Gasteiger partial charge in [0.2, 0.25) is 0 Å². The molecule has 3 rings (SSSR count). The molecule has 1 N–H and O–H groups in total. The van der Waals surface area contributed by atoms with E-state index in [1.165, 1.54) is 37.7 Å². The van der Waals surface area contributed by atoms with Gasteiger partial charge in [0.05, 0.1) is 43.3 Å². The summed E-state index contributed by atoms with van der Waals surface area (Å²) in [5.41, 5.74) is 1.06. The highest BCUT2D eigenvalue weighted by Gasteiger charge is 2.49. The van der Waals surface area contributed by atoms with Crippen molar-refractivity contribution in [3.63, 3.8) is 0 Å². The maximum atomic E-state index is 12.8. The van der Waals surface area contributed by atoms with E-state index < -0.39 is 35.7 Å². The first-order valence-electron chi connectivity index (χ1n) is 9.68. The SMILES string of the molecule is COC(=O)C1=C(O)[C@@H](C(=O)OC)[C@H](c2cc(SC)ccn2)N(C)[C@H]1c1cc(SC)ccn1. The average molecular weight is 476 g/mol. The highest BCUT2D eigenvalue weighted by atomic mass is 32.2. The summed E-state index contributed by atoms with van der Waals surface area (Å²) in [6, 6.07) is 5.97. The molecular weight excluding hydrogens is 450 g/mol. The van der Waals surface area contributed by atoms with Crippen molar-refractivity contribution in [3.05, 3.63) is 59.4 Å². The van der Waals surface area contributed by atoms with Crippen molar-refractivity contribution in [2.75, 3.05) is 33.8 Å². The molecule has 8 nitrogen and oxygen atoms in total. The summed E-state index contributed by atoms with van der Waals surface area (Å²) >= 11 is 3.07. The third-order valence-electron chi connectivity index (χ3n) is 5.43. The number of rotatable bonds is 6. The van der Waals surface area contributed by atoms with Gasteiger partial charge in [0, 0.05) is 22.2 Å². The van der Waals surface area contributed by atoms with Crippen LogP contribution < -0.4 is 0 Å². The van der Waals surface area contributed by atoms with Gasteiger partial charge in [0.25, 0.3) is 0 Å². The van der Waals surface area contributed by atoms with Gasteiger partial charge in [-0.2, -0.15) is 0 Å². The second kappa shape index (κ2) is 10.4. The number of methoxy groups -OCH3 is 2. The number of carbonyl (C=O) groups excluding carboxylic acids is 2. The van der Waals surface area contributed by atoms with E-state index in [0.29, 0.717) is 11.4 Å². The largest absolute Gasteiger partial charge is 0.511 e. The molecule has 0 spiro atoms. The number of aliphatic hydroxyl groups is 1. The van der Waals surface area contributed by atoms with Crippen molar-refractivity contribution in [3.8, 4) is 0 Å². The Hall–Kier alpha value is -2.56. The number of nitrogens with zero attached hydrogens (tertiary/aromatic N) is 3. The van der Waals surface area contributed by atoms with Crippen molar-refractivity contribution < 1.29 is 24.2 Å². The van der Waals surface area contributed by atoms with Crippen LogP contribution in [0.25, 0.3) is 0 Å². The minimum absolute atomic E-state index is 0.0478. The Morgan fingerprint density at radius 1 is 1.00 bits per heavy atom. The van der Waals surface area contributed by atoms with Crippen LogP contribution in [-0.4, -0.2) is 65.7 Å². The van der Waals surface area contributed by atoms with Crippen molar-refractivity contribution in [1.29, 1.82) is 0 Å². The van der Waals surface area contributed by atoms with Crippen LogP contribution in [0.2, 0.25) is 0 Å². The van der Waals surface area contributed by atoms with E-state index >= 15 is 0 Å². The van der Waals surface area contributed by atoms with Crippen LogP contribution >= 0.6 is 23.5 Å². The number of likely N-dealkylation sites (N-methyl/N-ethyl adjacent to an activating group) is 1. The Balaban J connectivity index is 2.28. The third-order valence-corrected chi connectivity index (χ3v) is 6.88. The smallest absolute Gasteiger partial charge is 0.339 e. The molecule has 0 aromatic carbocycles. The lowest BCUT2D eigenvalue weighted by Crippen LogP contribution is -2.46. The van der Waals surface area contributed by atoms with Gasteiger partial charge >= 0.3 is 11.9 Å². The quantitative estimate of drug-likeness (QED) is 0.494. The average Bonchev–Trinajstić information content (AvgIpc) is 2.83. The number of carbonyl (C=O) groups is 2. The second-order valence-corrected chi connectivity index (χ2v) is 8.80. The molecule has 3 heterocycles. The van der Waals surface area contributed by atoms with Gasteiger partial charge in [-0.3, -0.25) is 19.7 Å². The van der Waals surface area contributed by atoms with E-state index in [0.717, 1.165) is 9.79 Å². The van der Waals surface area contributed by atoms with Gasteiger partial charge in [-0.25, -0.2) is 4.79 Å². The van der Waals surface area contributed by atoms with Crippen molar-refractivity contribution >= 4 is 35.5 Å². The molecule has 32 heavy (non-hydrogen) atoms. The molecule has 2 aromatic heterocycles. The molecule has 0 unspecified atom stereocenters. The third kappa shape index (κ3) is 4.48. The second-order valence-electron chi connectivity index (χ2n) is 7.05. The maximum Gasteiger partial charge on any atom is 0.339 e. The number of hydrogen-bond donors (Lipinski definition) is 1. The van der Waals surface area contributed by atoms with Gasteiger partial charge in [-0.05, 0) is 43.8 Å². The van der Waals surface area contributed by atoms with Crippen LogP contribution in [-0.2, 0) is 19.1 Å². The van der Waals surface area contributed by atoms with Crippen LogP contribution in [0.15, 0.2) is 57.8 Å². The van der Waals surface area contributed by atoms with Gasteiger partial charge in [-0.1, -0.05) is 0 Å². The molecule has 3 atom stereocenters. The minimum Gasteiger partial charge on any atom is -0.511 e. The normalized spacial score (nSPS) is 21.3. The molecule has 0 aliphatic carbocycles. The highest BCUT2D eigenvalue weighted by molar-refractivity contribution is 7.98. The molecule has 0 amide bonds. The summed E-state index contributed by atoms with van der Waals surface area (Å²) in [4.78, 5) is 38.3. The van der Waals surface area contributed by atoms with Crippen LogP contribution in [0.3, 0.4) is 0 Å². The molecule has 170 valence electrons. The van der Waals surface area contributed by atoms with Gasteiger partial charge in [0.1, 0.15) is 11.7 Å². The number of aromatic nitrogens is 2. The molecular formula is C22H25N3O5S2. The summed E-state index contributed by atoms with van der Waals surface area (Å²) in [7, 11) is 4.24. The van der Waals surface area contributed by atoms with E-state index in [9.17, 15) is 14.7 Å². The number of thioether (sulfide) groups is 2. The summed E-state index contributed by atoms with van der Waals surface area (Å²) < 4.78 is 9.96. The zero-order chi connectivity index (χ0) is 23.4. The van der Waals surface area contributed by atoms with E-state index in [1.807, 2.05) is 41.7 Å². The summed E-state index contributed by atoms with van der Waals surface area (Å²) in [5.74, 6) is -2.98. The van der Waals surface area contributed by atoms with E-state index in [4.69, 9.17) is 9.47 Å². The van der Waals surface area contributed by atoms with Gasteiger partial charge in [0.15, 0.2) is 0 Å². The fourth-order valence-electron chi connectivity index (χ4n) is 3.91. The fourth-order valence-corrected chi connectivity index (χ4v) is 4.78. The number of ether oxygens (including phenoxy) is 2. The van der Waals surface area contributed by atoms with Crippen LogP contribution in [0, 0.1) is 5.92 Å². The predicted molar refractivity (Wildman–Crippen MR) is 122 cm³/mol. The first-order chi connectivity index (χ1) is 15.4. The van der Waals surface area contributed by atoms with E-state index in [2.05, 4.69) is 9.97 Å². The molecule has 1 aliphatic heterocycles. The van der Waals surface area contributed by atoms with Crippen molar-refractivity contribution in [1.82, 2.24) is 14.9 Å². The topological polar surface area (TPSA) is 102 Å². The molecule has 1 aliphatic rings. The fraction of sp³-hybridized carbons (Fsp3) is 0.364. The Bertz CT molecular complexity index is 1050. The molecule has 0 saturated carbocycles. The lowest BCUT2D eigenvalue weighted by molar-refractivity contribution is -0.149. The van der Waals surface area contributed by atoms with Gasteiger partial charge in [-0.15, -0.1) is 23.5 Å². The molecule has 0 bridgehead atoms. The summed E-state index contributed by atoms with van der Waals surface area (Å²) in [6.45, 7) is 0. The summed E-state index contributed by atoms with van der Waals surface area (Å²) in [5, 5.41) is 11.3. The summed E-state index contributed by atoms with van der Waals surface area (Å²) in [6.07, 6.45) is 7.18. The van der Waals surface area contributed by atoms with E-state index in [-0.39, 0.29) is 5.57 Å². The van der Waals surface area contributed by atoms with Crippen LogP contribution in [0.1, 0.15) is 23.5 Å².